The fraction of sp³-hybridized carbons (Fsp3) is 0.0870. The van der Waals surface area contributed by atoms with Crippen LogP contribution in [0.5, 0.6) is 11.5 Å². The van der Waals surface area contributed by atoms with Gasteiger partial charge in [0, 0.05) is 0 Å². The summed E-state index contributed by atoms with van der Waals surface area (Å²) >= 11 is 0. The van der Waals surface area contributed by atoms with Gasteiger partial charge in [-0.15, -0.1) is 0 Å². The van der Waals surface area contributed by atoms with E-state index in [9.17, 15) is 0 Å². The molecule has 0 saturated heterocycles. The van der Waals surface area contributed by atoms with Crippen LogP contribution in [0.2, 0.25) is 0 Å². The molecule has 0 fully saturated rings. The minimum atomic E-state index is 0.508. The van der Waals surface area contributed by atoms with Crippen LogP contribution in [0.4, 0.5) is 5.69 Å². The average molecular weight is 399 g/mol. The summed E-state index contributed by atoms with van der Waals surface area (Å²) in [6.45, 7) is 0. The highest BCUT2D eigenvalue weighted by Gasteiger charge is 2.10. The topological polar surface area (TPSA) is 83.9 Å². The Morgan fingerprint density at radius 3 is 2.47 bits per heavy atom. The minimum Gasteiger partial charge on any atom is -0.493 e. The molecule has 0 amide bonds. The van der Waals surface area contributed by atoms with Crippen LogP contribution in [-0.4, -0.2) is 36.2 Å². The lowest BCUT2D eigenvalue weighted by molar-refractivity contribution is 0.355. The Hall–Kier alpha value is -4.13. The maximum absolute atomic E-state index is 5.34. The monoisotopic (exact) mass is 399 g/mol. The first-order valence-corrected chi connectivity index (χ1v) is 9.37. The molecule has 0 saturated carbocycles. The molecule has 30 heavy (non-hydrogen) atoms. The molecule has 0 bridgehead atoms. The number of H-pyrrole nitrogens is 1. The number of aromatic nitrogens is 2. The molecule has 0 aliphatic carbocycles. The van der Waals surface area contributed by atoms with E-state index in [4.69, 9.17) is 9.47 Å². The quantitative estimate of drug-likeness (QED) is 0.288. The van der Waals surface area contributed by atoms with Crippen LogP contribution in [0.3, 0.4) is 0 Å². The molecule has 150 valence electrons. The van der Waals surface area contributed by atoms with Crippen LogP contribution < -0.4 is 14.9 Å². The molecule has 1 heterocycles. The summed E-state index contributed by atoms with van der Waals surface area (Å²) in [6.07, 6.45) is 1.69. The zero-order chi connectivity index (χ0) is 20.8. The number of ether oxygens (including phenoxy) is 2. The second-order valence-corrected chi connectivity index (χ2v) is 6.38. The molecular weight excluding hydrogens is 378 g/mol. The largest absolute Gasteiger partial charge is 0.493 e. The molecule has 0 spiro atoms. The zero-order valence-electron chi connectivity index (χ0n) is 16.7. The summed E-state index contributed by atoms with van der Waals surface area (Å²) in [5.41, 5.74) is 6.45. The normalized spacial score (nSPS) is 11.7. The van der Waals surface area contributed by atoms with Crippen LogP contribution in [-0.2, 0) is 0 Å². The fourth-order valence-electron chi connectivity index (χ4n) is 2.93. The van der Waals surface area contributed by atoms with Crippen molar-refractivity contribution >= 4 is 28.8 Å². The van der Waals surface area contributed by atoms with E-state index in [-0.39, 0.29) is 0 Å². The summed E-state index contributed by atoms with van der Waals surface area (Å²) in [4.78, 5) is 12.6. The van der Waals surface area contributed by atoms with Crippen molar-refractivity contribution in [2.45, 2.75) is 0 Å². The first-order valence-electron chi connectivity index (χ1n) is 9.37. The maximum atomic E-state index is 5.34. The molecule has 0 atom stereocenters. The summed E-state index contributed by atoms with van der Waals surface area (Å²) < 4.78 is 10.6. The van der Waals surface area contributed by atoms with Gasteiger partial charge in [-0.2, -0.15) is 5.10 Å². The number of para-hydroxylation sites is 3. The number of imidazole rings is 1. The van der Waals surface area contributed by atoms with E-state index < -0.39 is 0 Å². The van der Waals surface area contributed by atoms with E-state index in [2.05, 4.69) is 25.5 Å². The van der Waals surface area contributed by atoms with Crippen molar-refractivity contribution in [3.63, 3.8) is 0 Å². The Morgan fingerprint density at radius 1 is 0.933 bits per heavy atom. The van der Waals surface area contributed by atoms with Crippen molar-refractivity contribution < 1.29 is 9.47 Å². The van der Waals surface area contributed by atoms with Gasteiger partial charge in [0.1, 0.15) is 0 Å². The van der Waals surface area contributed by atoms with Gasteiger partial charge in [0.05, 0.1) is 37.2 Å². The second kappa shape index (κ2) is 8.91. The number of nitrogens with one attached hydrogen (secondary N) is 2. The molecule has 4 rings (SSSR count). The summed E-state index contributed by atoms with van der Waals surface area (Å²) in [7, 11) is 3.20. The highest BCUT2D eigenvalue weighted by Crippen LogP contribution is 2.26. The van der Waals surface area contributed by atoms with Gasteiger partial charge in [0.15, 0.2) is 23.2 Å². The van der Waals surface area contributed by atoms with E-state index in [1.807, 2.05) is 72.8 Å². The molecule has 0 aliphatic heterocycles. The number of nitrogens with zero attached hydrogens (tertiary/aromatic N) is 3. The third kappa shape index (κ3) is 4.30. The van der Waals surface area contributed by atoms with Gasteiger partial charge in [0.2, 0.25) is 0 Å². The summed E-state index contributed by atoms with van der Waals surface area (Å²) in [5.74, 6) is 2.41. The lowest BCUT2D eigenvalue weighted by atomic mass is 10.2. The fourth-order valence-corrected chi connectivity index (χ4v) is 2.93. The maximum Gasteiger partial charge on any atom is 0.190 e. The highest BCUT2D eigenvalue weighted by atomic mass is 16.5. The van der Waals surface area contributed by atoms with Crippen LogP contribution in [0.25, 0.3) is 11.0 Å². The summed E-state index contributed by atoms with van der Waals surface area (Å²) in [5, 5.41) is 4.35. The Balaban J connectivity index is 1.63. The van der Waals surface area contributed by atoms with Crippen molar-refractivity contribution in [2.24, 2.45) is 10.1 Å². The number of methoxy groups -OCH3 is 2. The number of hydrogen-bond donors (Lipinski definition) is 2. The van der Waals surface area contributed by atoms with Crippen LogP contribution >= 0.6 is 0 Å². The zero-order valence-corrected chi connectivity index (χ0v) is 16.7. The smallest absolute Gasteiger partial charge is 0.190 e. The number of hydrogen-bond acceptors (Lipinski definition) is 5. The molecule has 1 aromatic heterocycles. The van der Waals surface area contributed by atoms with Crippen molar-refractivity contribution in [3.8, 4) is 11.5 Å². The predicted molar refractivity (Wildman–Crippen MR) is 119 cm³/mol. The molecule has 0 aliphatic rings. The Labute approximate surface area is 174 Å². The van der Waals surface area contributed by atoms with E-state index in [0.29, 0.717) is 23.2 Å². The molecule has 0 unspecified atom stereocenters. The van der Waals surface area contributed by atoms with Crippen LogP contribution in [0.1, 0.15) is 11.4 Å². The number of amidine groups is 1. The molecule has 4 aromatic rings. The highest BCUT2D eigenvalue weighted by molar-refractivity contribution is 6.00. The molecule has 2 N–H and O–H groups in total. The predicted octanol–water partition coefficient (Wildman–Crippen LogP) is 4.28. The molecular formula is C23H21N5O2. The van der Waals surface area contributed by atoms with E-state index >= 15 is 0 Å². The number of aromatic amines is 1. The van der Waals surface area contributed by atoms with Gasteiger partial charge in [-0.1, -0.05) is 30.3 Å². The third-order valence-corrected chi connectivity index (χ3v) is 4.40. The lowest BCUT2D eigenvalue weighted by Gasteiger charge is -2.07. The number of benzene rings is 3. The average Bonchev–Trinajstić information content (AvgIpc) is 3.23. The lowest BCUT2D eigenvalue weighted by Crippen LogP contribution is -2.20. The van der Waals surface area contributed by atoms with Crippen molar-refractivity contribution in [2.75, 3.05) is 14.2 Å². The molecule has 7 nitrogen and oxygen atoms in total. The molecule has 3 aromatic carbocycles. The van der Waals surface area contributed by atoms with Gasteiger partial charge < -0.3 is 14.5 Å². The first-order chi connectivity index (χ1) is 14.8. The number of aliphatic imine (C=N–C) groups is 1. The molecule has 0 radical (unpaired) electrons. The summed E-state index contributed by atoms with van der Waals surface area (Å²) in [6, 6.07) is 23.0. The molecule has 7 heteroatoms. The minimum absolute atomic E-state index is 0.508. The van der Waals surface area contributed by atoms with Gasteiger partial charge in [-0.3, -0.25) is 5.43 Å². The SMILES string of the molecule is COc1ccc(/C=N/NC(=Nc2ccccc2)c2nc3ccccc3[nH]2)cc1OC. The van der Waals surface area contributed by atoms with Crippen LogP contribution in [0.15, 0.2) is 82.9 Å². The van der Waals surface area contributed by atoms with E-state index in [1.165, 1.54) is 0 Å². The third-order valence-electron chi connectivity index (χ3n) is 4.40. The van der Waals surface area contributed by atoms with Crippen molar-refractivity contribution in [1.29, 1.82) is 0 Å². The number of fused-ring (bicyclic) bond motifs is 1. The van der Waals surface area contributed by atoms with Crippen molar-refractivity contribution in [3.05, 3.63) is 84.2 Å². The van der Waals surface area contributed by atoms with Gasteiger partial charge in [-0.05, 0) is 48.0 Å². The van der Waals surface area contributed by atoms with E-state index in [0.717, 1.165) is 22.3 Å². The Bertz CT molecular complexity index is 1170. The number of hydrazone groups is 1. The standard InChI is InChI=1S/C23H21N5O2/c1-29-20-13-12-16(14-21(20)30-2)15-24-28-23(25-17-8-4-3-5-9-17)22-26-18-10-6-7-11-19(18)27-22/h3-15H,1-2H3,(H,25,28)(H,26,27)/b24-15+. The number of rotatable bonds is 6. The van der Waals surface area contributed by atoms with Crippen LogP contribution in [0, 0.1) is 0 Å². The second-order valence-electron chi connectivity index (χ2n) is 6.38. The Kier molecular flexibility index (Phi) is 5.70. The van der Waals surface area contributed by atoms with Gasteiger partial charge >= 0.3 is 0 Å². The van der Waals surface area contributed by atoms with Crippen molar-refractivity contribution in [1.82, 2.24) is 15.4 Å². The van der Waals surface area contributed by atoms with E-state index in [1.54, 1.807) is 20.4 Å². The van der Waals surface area contributed by atoms with Gasteiger partial charge in [0.25, 0.3) is 0 Å². The Morgan fingerprint density at radius 2 is 1.70 bits per heavy atom. The van der Waals surface area contributed by atoms with Gasteiger partial charge in [-0.25, -0.2) is 9.98 Å². The first kappa shape index (κ1) is 19.2.